The van der Waals surface area contributed by atoms with Crippen LogP contribution in [0.25, 0.3) is 4.96 Å². The van der Waals surface area contributed by atoms with Crippen molar-refractivity contribution in [2.75, 3.05) is 5.32 Å². The zero-order chi connectivity index (χ0) is 14.8. The lowest BCUT2D eigenvalue weighted by molar-refractivity contribution is 0.251. The highest BCUT2D eigenvalue weighted by Gasteiger charge is 2.09. The van der Waals surface area contributed by atoms with E-state index in [-0.39, 0.29) is 6.03 Å². The third-order valence-electron chi connectivity index (χ3n) is 2.67. The standard InChI is InChI=1S/C12H11ClN6OS/c1-7-16-17-12-19(7)18-10(21-12)6-14-11(20)15-9-4-2-3-8(13)5-9/h2-5H,6H2,1H3,(H2,14,15,20). The first-order chi connectivity index (χ1) is 10.1. The van der Waals surface area contributed by atoms with Crippen LogP contribution >= 0.6 is 22.9 Å². The number of aryl methyl sites for hydroxylation is 1. The fraction of sp³-hybridized carbons (Fsp3) is 0.167. The summed E-state index contributed by atoms with van der Waals surface area (Å²) in [5.74, 6) is 0.718. The molecule has 0 aliphatic heterocycles. The summed E-state index contributed by atoms with van der Waals surface area (Å²) >= 11 is 7.24. The number of fused-ring (bicyclic) bond motifs is 1. The third-order valence-corrected chi connectivity index (χ3v) is 3.81. The van der Waals surface area contributed by atoms with Gasteiger partial charge in [-0.15, -0.1) is 10.2 Å². The molecule has 2 heterocycles. The van der Waals surface area contributed by atoms with Gasteiger partial charge in [0.25, 0.3) is 0 Å². The lowest BCUT2D eigenvalue weighted by Gasteiger charge is -2.06. The Kier molecular flexibility index (Phi) is 3.72. The highest BCUT2D eigenvalue weighted by atomic mass is 35.5. The van der Waals surface area contributed by atoms with Crippen LogP contribution in [0.4, 0.5) is 10.5 Å². The number of aromatic nitrogens is 4. The number of rotatable bonds is 3. The Balaban J connectivity index is 1.60. The maximum Gasteiger partial charge on any atom is 0.319 e. The second-order valence-electron chi connectivity index (χ2n) is 4.26. The van der Waals surface area contributed by atoms with E-state index in [0.29, 0.717) is 22.2 Å². The number of nitrogens with zero attached hydrogens (tertiary/aromatic N) is 4. The summed E-state index contributed by atoms with van der Waals surface area (Å²) in [6.07, 6.45) is 0. The highest BCUT2D eigenvalue weighted by Crippen LogP contribution is 2.15. The smallest absolute Gasteiger partial charge is 0.319 e. The van der Waals surface area contributed by atoms with Crippen molar-refractivity contribution in [3.63, 3.8) is 0 Å². The highest BCUT2D eigenvalue weighted by molar-refractivity contribution is 7.16. The van der Waals surface area contributed by atoms with Gasteiger partial charge in [-0.1, -0.05) is 29.0 Å². The van der Waals surface area contributed by atoms with Gasteiger partial charge >= 0.3 is 6.03 Å². The van der Waals surface area contributed by atoms with Crippen LogP contribution in [0, 0.1) is 6.92 Å². The average Bonchev–Trinajstić information content (AvgIpc) is 2.99. The Morgan fingerprint density at radius 2 is 2.29 bits per heavy atom. The molecule has 3 aromatic rings. The molecular formula is C12H11ClN6OS. The van der Waals surface area contributed by atoms with Crippen LogP contribution < -0.4 is 10.6 Å². The Bertz CT molecular complexity index is 798. The summed E-state index contributed by atoms with van der Waals surface area (Å²) in [5, 5.41) is 18.9. The lowest BCUT2D eigenvalue weighted by atomic mass is 10.3. The molecule has 2 amide bonds. The largest absolute Gasteiger partial charge is 0.331 e. The molecule has 0 aliphatic rings. The molecule has 2 N–H and O–H groups in total. The predicted molar refractivity (Wildman–Crippen MR) is 80.7 cm³/mol. The molecule has 2 aromatic heterocycles. The van der Waals surface area contributed by atoms with Gasteiger partial charge in [-0.05, 0) is 25.1 Å². The summed E-state index contributed by atoms with van der Waals surface area (Å²) in [5.41, 5.74) is 0.633. The normalized spacial score (nSPS) is 10.8. The lowest BCUT2D eigenvalue weighted by Crippen LogP contribution is -2.28. The van der Waals surface area contributed by atoms with Crippen LogP contribution in [0.2, 0.25) is 5.02 Å². The topological polar surface area (TPSA) is 84.2 Å². The monoisotopic (exact) mass is 322 g/mol. The van der Waals surface area contributed by atoms with Gasteiger partial charge in [0, 0.05) is 10.7 Å². The molecule has 0 radical (unpaired) electrons. The number of hydrogen-bond acceptors (Lipinski definition) is 5. The fourth-order valence-corrected chi connectivity index (χ4v) is 2.73. The molecule has 0 fully saturated rings. The molecule has 1 aromatic carbocycles. The molecular weight excluding hydrogens is 312 g/mol. The van der Waals surface area contributed by atoms with Gasteiger partial charge in [-0.3, -0.25) is 0 Å². The SMILES string of the molecule is Cc1nnc2sc(CNC(=O)Nc3cccc(Cl)c3)nn12. The van der Waals surface area contributed by atoms with Gasteiger partial charge < -0.3 is 10.6 Å². The molecule has 7 nitrogen and oxygen atoms in total. The number of benzene rings is 1. The van der Waals surface area contributed by atoms with Crippen LogP contribution in [0.5, 0.6) is 0 Å². The maximum atomic E-state index is 11.8. The first-order valence-electron chi connectivity index (χ1n) is 6.10. The van der Waals surface area contributed by atoms with Crippen molar-refractivity contribution in [2.45, 2.75) is 13.5 Å². The summed E-state index contributed by atoms with van der Waals surface area (Å²) in [6.45, 7) is 2.14. The Labute approximate surface area is 129 Å². The Morgan fingerprint density at radius 3 is 3.05 bits per heavy atom. The van der Waals surface area contributed by atoms with Crippen molar-refractivity contribution in [3.8, 4) is 0 Å². The number of amides is 2. The minimum atomic E-state index is -0.319. The van der Waals surface area contributed by atoms with Crippen molar-refractivity contribution < 1.29 is 4.79 Å². The van der Waals surface area contributed by atoms with Gasteiger partial charge in [0.2, 0.25) is 4.96 Å². The van der Waals surface area contributed by atoms with Crippen molar-refractivity contribution in [1.29, 1.82) is 0 Å². The van der Waals surface area contributed by atoms with Crippen LogP contribution in [-0.4, -0.2) is 25.8 Å². The summed E-state index contributed by atoms with van der Waals surface area (Å²) in [6, 6.07) is 6.63. The summed E-state index contributed by atoms with van der Waals surface area (Å²) < 4.78 is 1.65. The van der Waals surface area contributed by atoms with E-state index < -0.39 is 0 Å². The first-order valence-corrected chi connectivity index (χ1v) is 7.29. The van der Waals surface area contributed by atoms with E-state index in [1.165, 1.54) is 11.3 Å². The Hall–Kier alpha value is -2.19. The zero-order valence-corrected chi connectivity index (χ0v) is 12.6. The van der Waals surface area contributed by atoms with Gasteiger partial charge in [-0.25, -0.2) is 4.79 Å². The van der Waals surface area contributed by atoms with Crippen LogP contribution in [-0.2, 0) is 6.54 Å². The molecule has 21 heavy (non-hydrogen) atoms. The molecule has 0 spiro atoms. The maximum absolute atomic E-state index is 11.8. The van der Waals surface area contributed by atoms with E-state index in [0.717, 1.165) is 10.8 Å². The predicted octanol–water partition coefficient (Wildman–Crippen LogP) is 2.47. The average molecular weight is 323 g/mol. The molecule has 0 saturated heterocycles. The summed E-state index contributed by atoms with van der Waals surface area (Å²) in [4.78, 5) is 12.5. The van der Waals surface area contributed by atoms with E-state index in [1.54, 1.807) is 28.8 Å². The molecule has 0 atom stereocenters. The number of urea groups is 1. The van der Waals surface area contributed by atoms with Crippen LogP contribution in [0.1, 0.15) is 10.8 Å². The molecule has 0 unspecified atom stereocenters. The molecule has 108 valence electrons. The number of halogens is 1. The van der Waals surface area contributed by atoms with E-state index in [9.17, 15) is 4.79 Å². The van der Waals surface area contributed by atoms with E-state index in [2.05, 4.69) is 25.9 Å². The number of carbonyl (C=O) groups excluding carboxylic acids is 1. The van der Waals surface area contributed by atoms with Crippen molar-refractivity contribution in [1.82, 2.24) is 25.1 Å². The van der Waals surface area contributed by atoms with Crippen LogP contribution in [0.15, 0.2) is 24.3 Å². The van der Waals surface area contributed by atoms with E-state index in [4.69, 9.17) is 11.6 Å². The fourth-order valence-electron chi connectivity index (χ4n) is 1.72. The zero-order valence-electron chi connectivity index (χ0n) is 11.0. The summed E-state index contributed by atoms with van der Waals surface area (Å²) in [7, 11) is 0. The van der Waals surface area contributed by atoms with Crippen LogP contribution in [0.3, 0.4) is 0 Å². The minimum absolute atomic E-state index is 0.319. The van der Waals surface area contributed by atoms with E-state index >= 15 is 0 Å². The quantitative estimate of drug-likeness (QED) is 0.776. The molecule has 0 saturated carbocycles. The molecule has 9 heteroatoms. The van der Waals surface area contributed by atoms with Crippen molar-refractivity contribution >= 4 is 39.6 Å². The minimum Gasteiger partial charge on any atom is -0.331 e. The molecule has 3 rings (SSSR count). The number of carbonyl (C=O) groups is 1. The number of anilines is 1. The second-order valence-corrected chi connectivity index (χ2v) is 5.73. The number of nitrogens with one attached hydrogen (secondary N) is 2. The van der Waals surface area contributed by atoms with Gasteiger partial charge in [0.05, 0.1) is 6.54 Å². The van der Waals surface area contributed by atoms with Gasteiger partial charge in [0.1, 0.15) is 5.01 Å². The molecule has 0 aliphatic carbocycles. The van der Waals surface area contributed by atoms with E-state index in [1.807, 2.05) is 6.92 Å². The number of hydrogen-bond donors (Lipinski definition) is 2. The first kappa shape index (κ1) is 13.8. The van der Waals surface area contributed by atoms with Gasteiger partial charge in [0.15, 0.2) is 5.82 Å². The van der Waals surface area contributed by atoms with Gasteiger partial charge in [-0.2, -0.15) is 9.61 Å². The van der Waals surface area contributed by atoms with Crippen molar-refractivity contribution in [2.24, 2.45) is 0 Å². The molecule has 0 bridgehead atoms. The third kappa shape index (κ3) is 3.11. The second kappa shape index (κ2) is 5.66. The Morgan fingerprint density at radius 1 is 1.43 bits per heavy atom. The van der Waals surface area contributed by atoms with Crippen molar-refractivity contribution in [3.05, 3.63) is 40.1 Å².